The summed E-state index contributed by atoms with van der Waals surface area (Å²) in [4.78, 5) is 18.9. The van der Waals surface area contributed by atoms with Crippen LogP contribution < -0.4 is 5.73 Å². The number of aromatic nitrogens is 2. The Labute approximate surface area is 107 Å². The molecule has 0 saturated heterocycles. The number of carbonyl (C=O) groups excluding carboxylic acids is 1. The number of imidazole rings is 1. The van der Waals surface area contributed by atoms with Gasteiger partial charge in [0.15, 0.2) is 0 Å². The topological polar surface area (TPSA) is 81.0 Å². The smallest absolute Gasteiger partial charge is 0.356 e. The minimum Gasteiger partial charge on any atom is -0.461 e. The number of unbranched alkanes of at least 4 members (excludes halogenated alkanes) is 2. The molecule has 2 rings (SSSR count). The first-order valence-electron chi connectivity index (χ1n) is 6.67. The van der Waals surface area contributed by atoms with Gasteiger partial charge in [0.1, 0.15) is 11.5 Å². The maximum atomic E-state index is 11.7. The van der Waals surface area contributed by atoms with Crippen molar-refractivity contribution in [3.63, 3.8) is 0 Å². The molecule has 0 unspecified atom stereocenters. The Balaban J connectivity index is 1.87. The summed E-state index contributed by atoms with van der Waals surface area (Å²) in [7, 11) is 0. The van der Waals surface area contributed by atoms with Crippen LogP contribution in [0.1, 0.15) is 61.8 Å². The highest BCUT2D eigenvalue weighted by molar-refractivity contribution is 5.87. The van der Waals surface area contributed by atoms with Gasteiger partial charge in [-0.25, -0.2) is 9.78 Å². The predicted molar refractivity (Wildman–Crippen MR) is 68.1 cm³/mol. The van der Waals surface area contributed by atoms with Crippen LogP contribution in [0.3, 0.4) is 0 Å². The molecule has 1 aliphatic carbocycles. The zero-order chi connectivity index (χ0) is 13.0. The van der Waals surface area contributed by atoms with Gasteiger partial charge in [-0.1, -0.05) is 19.8 Å². The summed E-state index contributed by atoms with van der Waals surface area (Å²) < 4.78 is 5.16. The molecular formula is C13H21N3O2. The van der Waals surface area contributed by atoms with Gasteiger partial charge in [0.2, 0.25) is 0 Å². The predicted octanol–water partition coefficient (Wildman–Crippen LogP) is 2.09. The number of H-pyrrole nitrogens is 1. The molecule has 0 aromatic carbocycles. The minimum absolute atomic E-state index is 0.340. The van der Waals surface area contributed by atoms with Gasteiger partial charge in [0, 0.05) is 0 Å². The highest BCUT2D eigenvalue weighted by Gasteiger charge is 2.37. The summed E-state index contributed by atoms with van der Waals surface area (Å²) in [5.74, 6) is 0.363. The lowest BCUT2D eigenvalue weighted by Crippen LogP contribution is -2.44. The van der Waals surface area contributed by atoms with Crippen molar-refractivity contribution in [2.45, 2.75) is 51.0 Å². The second-order valence-corrected chi connectivity index (χ2v) is 5.00. The van der Waals surface area contributed by atoms with E-state index in [1.165, 1.54) is 6.20 Å². The normalized spacial score (nSPS) is 17.2. The molecule has 0 radical (unpaired) electrons. The SMILES string of the molecule is CCCCCOC(=O)c1cnc(C2(N)CCC2)[nH]1. The molecule has 0 bridgehead atoms. The second-order valence-electron chi connectivity index (χ2n) is 5.00. The maximum Gasteiger partial charge on any atom is 0.356 e. The van der Waals surface area contributed by atoms with Crippen molar-refractivity contribution in [1.82, 2.24) is 9.97 Å². The van der Waals surface area contributed by atoms with E-state index in [2.05, 4.69) is 16.9 Å². The van der Waals surface area contributed by atoms with Crippen LogP contribution in [0.2, 0.25) is 0 Å². The van der Waals surface area contributed by atoms with Gasteiger partial charge < -0.3 is 15.5 Å². The molecule has 3 N–H and O–H groups in total. The van der Waals surface area contributed by atoms with E-state index in [1.54, 1.807) is 0 Å². The highest BCUT2D eigenvalue weighted by Crippen LogP contribution is 2.36. The molecule has 1 fully saturated rings. The lowest BCUT2D eigenvalue weighted by Gasteiger charge is -2.35. The molecule has 100 valence electrons. The van der Waals surface area contributed by atoms with E-state index in [0.29, 0.717) is 18.1 Å². The van der Waals surface area contributed by atoms with Gasteiger partial charge in [-0.2, -0.15) is 0 Å². The molecule has 5 nitrogen and oxygen atoms in total. The van der Waals surface area contributed by atoms with Crippen molar-refractivity contribution >= 4 is 5.97 Å². The number of ether oxygens (including phenoxy) is 1. The molecule has 5 heteroatoms. The third-order valence-corrected chi connectivity index (χ3v) is 3.49. The van der Waals surface area contributed by atoms with Crippen molar-refractivity contribution in [2.75, 3.05) is 6.61 Å². The summed E-state index contributed by atoms with van der Waals surface area (Å²) in [5, 5.41) is 0. The van der Waals surface area contributed by atoms with Gasteiger partial charge >= 0.3 is 5.97 Å². The maximum absolute atomic E-state index is 11.7. The minimum atomic E-state index is -0.360. The van der Waals surface area contributed by atoms with Crippen LogP contribution >= 0.6 is 0 Å². The monoisotopic (exact) mass is 251 g/mol. The van der Waals surface area contributed by atoms with Crippen LogP contribution in [-0.2, 0) is 10.3 Å². The summed E-state index contributed by atoms with van der Waals surface area (Å²) in [6.07, 6.45) is 7.58. The first-order chi connectivity index (χ1) is 8.65. The third-order valence-electron chi connectivity index (χ3n) is 3.49. The van der Waals surface area contributed by atoms with Gasteiger partial charge in [-0.3, -0.25) is 0 Å². The second kappa shape index (κ2) is 5.52. The molecule has 1 aromatic heterocycles. The number of hydrogen-bond donors (Lipinski definition) is 2. The number of hydrogen-bond acceptors (Lipinski definition) is 4. The fourth-order valence-corrected chi connectivity index (χ4v) is 2.07. The van der Waals surface area contributed by atoms with Crippen molar-refractivity contribution in [3.05, 3.63) is 17.7 Å². The van der Waals surface area contributed by atoms with E-state index in [9.17, 15) is 4.79 Å². The van der Waals surface area contributed by atoms with Gasteiger partial charge in [0.25, 0.3) is 0 Å². The van der Waals surface area contributed by atoms with Crippen LogP contribution in [0.15, 0.2) is 6.20 Å². The highest BCUT2D eigenvalue weighted by atomic mass is 16.5. The van der Waals surface area contributed by atoms with Crippen molar-refractivity contribution in [2.24, 2.45) is 5.73 Å². The molecule has 1 saturated carbocycles. The van der Waals surface area contributed by atoms with Crippen LogP contribution in [0.4, 0.5) is 0 Å². The van der Waals surface area contributed by atoms with Crippen molar-refractivity contribution in [3.8, 4) is 0 Å². The summed E-state index contributed by atoms with van der Waals surface area (Å²) in [6, 6.07) is 0. The van der Waals surface area contributed by atoms with Crippen molar-refractivity contribution in [1.29, 1.82) is 0 Å². The number of nitrogens with one attached hydrogen (secondary N) is 1. The first kappa shape index (κ1) is 13.1. The number of aromatic amines is 1. The fourth-order valence-electron chi connectivity index (χ4n) is 2.07. The number of nitrogens with two attached hydrogens (primary N) is 1. The van der Waals surface area contributed by atoms with Crippen LogP contribution in [0.25, 0.3) is 0 Å². The summed E-state index contributed by atoms with van der Waals surface area (Å²) >= 11 is 0. The van der Waals surface area contributed by atoms with Crippen LogP contribution in [0.5, 0.6) is 0 Å². The quantitative estimate of drug-likeness (QED) is 0.599. The largest absolute Gasteiger partial charge is 0.461 e. The Morgan fingerprint density at radius 2 is 2.33 bits per heavy atom. The third kappa shape index (κ3) is 2.72. The number of rotatable bonds is 6. The Hall–Kier alpha value is -1.36. The molecular weight excluding hydrogens is 230 g/mol. The molecule has 0 aliphatic heterocycles. The molecule has 1 aromatic rings. The zero-order valence-corrected chi connectivity index (χ0v) is 10.9. The van der Waals surface area contributed by atoms with E-state index >= 15 is 0 Å². The molecule has 18 heavy (non-hydrogen) atoms. The van der Waals surface area contributed by atoms with E-state index in [4.69, 9.17) is 10.5 Å². The average molecular weight is 251 g/mol. The number of esters is 1. The zero-order valence-electron chi connectivity index (χ0n) is 10.9. The number of nitrogens with zero attached hydrogens (tertiary/aromatic N) is 1. The Bertz CT molecular complexity index is 410. The Kier molecular flexibility index (Phi) is 4.01. The van der Waals surface area contributed by atoms with E-state index in [-0.39, 0.29) is 11.5 Å². The molecule has 1 heterocycles. The van der Waals surface area contributed by atoms with E-state index in [0.717, 1.165) is 38.5 Å². The molecule has 0 amide bonds. The molecule has 1 aliphatic rings. The average Bonchev–Trinajstić information content (AvgIpc) is 2.81. The van der Waals surface area contributed by atoms with E-state index in [1.807, 2.05) is 0 Å². The Morgan fingerprint density at radius 3 is 2.94 bits per heavy atom. The molecule has 0 atom stereocenters. The summed E-state index contributed by atoms with van der Waals surface area (Å²) in [5.41, 5.74) is 6.17. The van der Waals surface area contributed by atoms with Crippen LogP contribution in [0, 0.1) is 0 Å². The standard InChI is InChI=1S/C13H21N3O2/c1-2-3-4-8-18-11(17)10-9-15-12(16-10)13(14)6-5-7-13/h9H,2-8,14H2,1H3,(H,15,16). The van der Waals surface area contributed by atoms with Gasteiger partial charge in [-0.05, 0) is 25.7 Å². The van der Waals surface area contributed by atoms with Gasteiger partial charge in [0.05, 0.1) is 18.3 Å². The first-order valence-corrected chi connectivity index (χ1v) is 6.67. The molecule has 0 spiro atoms. The fraction of sp³-hybridized carbons (Fsp3) is 0.692. The van der Waals surface area contributed by atoms with Crippen LogP contribution in [-0.4, -0.2) is 22.5 Å². The lowest BCUT2D eigenvalue weighted by atomic mass is 9.77. The summed E-state index contributed by atoms with van der Waals surface area (Å²) in [6.45, 7) is 2.58. The van der Waals surface area contributed by atoms with Crippen molar-refractivity contribution < 1.29 is 9.53 Å². The van der Waals surface area contributed by atoms with Gasteiger partial charge in [-0.15, -0.1) is 0 Å². The lowest BCUT2D eigenvalue weighted by molar-refractivity contribution is 0.0491. The number of carbonyl (C=O) groups is 1. The Morgan fingerprint density at radius 1 is 1.56 bits per heavy atom. The van der Waals surface area contributed by atoms with E-state index < -0.39 is 0 Å².